The Labute approximate surface area is 102 Å². The van der Waals surface area contributed by atoms with Crippen molar-refractivity contribution in [3.63, 3.8) is 0 Å². The van der Waals surface area contributed by atoms with Gasteiger partial charge in [-0.1, -0.05) is 20.3 Å². The molecule has 0 saturated heterocycles. The van der Waals surface area contributed by atoms with Crippen LogP contribution in [0.25, 0.3) is 0 Å². The number of ketones is 1. The molecule has 1 aliphatic rings. The second-order valence-corrected chi connectivity index (χ2v) is 4.72. The molecule has 1 saturated carbocycles. The Morgan fingerprint density at radius 2 is 2.12 bits per heavy atom. The number of hydrogen-bond acceptors (Lipinski definition) is 4. The first-order valence-corrected chi connectivity index (χ1v) is 6.43. The van der Waals surface area contributed by atoms with Gasteiger partial charge in [-0.25, -0.2) is 0 Å². The minimum absolute atomic E-state index is 0.181. The Hall–Kier alpha value is -0.900. The van der Waals surface area contributed by atoms with Gasteiger partial charge in [-0.2, -0.15) is 0 Å². The minimum atomic E-state index is -1.31. The summed E-state index contributed by atoms with van der Waals surface area (Å²) in [6.07, 6.45) is 1.96. The van der Waals surface area contributed by atoms with Crippen LogP contribution < -0.4 is 0 Å². The van der Waals surface area contributed by atoms with E-state index in [1.807, 2.05) is 13.8 Å². The highest BCUT2D eigenvalue weighted by Crippen LogP contribution is 2.41. The molecule has 0 aromatic rings. The molecule has 98 valence electrons. The van der Waals surface area contributed by atoms with E-state index in [9.17, 15) is 14.7 Å². The molecular weight excluding hydrogens is 220 g/mol. The number of carbonyl (C=O) groups excluding carboxylic acids is 2. The average molecular weight is 242 g/mol. The van der Waals surface area contributed by atoms with Gasteiger partial charge in [0.15, 0.2) is 5.78 Å². The lowest BCUT2D eigenvalue weighted by Gasteiger charge is -2.19. The van der Waals surface area contributed by atoms with E-state index in [0.717, 1.165) is 6.42 Å². The van der Waals surface area contributed by atoms with Crippen LogP contribution >= 0.6 is 0 Å². The molecule has 0 spiro atoms. The van der Waals surface area contributed by atoms with Gasteiger partial charge in [0.2, 0.25) is 0 Å². The van der Waals surface area contributed by atoms with E-state index in [1.54, 1.807) is 6.92 Å². The molecule has 0 radical (unpaired) electrons. The van der Waals surface area contributed by atoms with Crippen LogP contribution in [-0.2, 0) is 14.3 Å². The van der Waals surface area contributed by atoms with Crippen LogP contribution in [0.4, 0.5) is 0 Å². The third kappa shape index (κ3) is 2.68. The molecule has 0 aromatic carbocycles. The molecule has 1 aliphatic carbocycles. The van der Waals surface area contributed by atoms with Crippen LogP contribution in [0.2, 0.25) is 0 Å². The molecular formula is C13H22O4. The molecule has 1 fully saturated rings. The first kappa shape index (κ1) is 14.2. The third-order valence-corrected chi connectivity index (χ3v) is 3.53. The monoisotopic (exact) mass is 242 g/mol. The van der Waals surface area contributed by atoms with Crippen LogP contribution in [0, 0.1) is 11.8 Å². The number of rotatable bonds is 5. The van der Waals surface area contributed by atoms with E-state index in [1.165, 1.54) is 0 Å². The second kappa shape index (κ2) is 5.63. The van der Waals surface area contributed by atoms with Gasteiger partial charge in [0.1, 0.15) is 5.60 Å². The number of ether oxygens (including phenoxy) is 1. The molecule has 0 aromatic heterocycles. The fourth-order valence-electron chi connectivity index (χ4n) is 2.74. The molecule has 1 rings (SSSR count). The van der Waals surface area contributed by atoms with E-state index in [4.69, 9.17) is 4.74 Å². The van der Waals surface area contributed by atoms with Crippen molar-refractivity contribution in [3.05, 3.63) is 0 Å². The number of hydrogen-bond donors (Lipinski definition) is 1. The molecule has 1 N–H and O–H groups in total. The van der Waals surface area contributed by atoms with Gasteiger partial charge in [-0.05, 0) is 26.2 Å². The fourth-order valence-corrected chi connectivity index (χ4v) is 2.74. The molecule has 0 amide bonds. The van der Waals surface area contributed by atoms with Crippen molar-refractivity contribution in [2.45, 2.75) is 52.1 Å². The quantitative estimate of drug-likeness (QED) is 0.745. The summed E-state index contributed by atoms with van der Waals surface area (Å²) in [6, 6.07) is 0. The maximum Gasteiger partial charge on any atom is 0.309 e. The normalized spacial score (nSPS) is 32.8. The van der Waals surface area contributed by atoms with E-state index in [2.05, 4.69) is 0 Å². The van der Waals surface area contributed by atoms with Gasteiger partial charge in [-0.3, -0.25) is 9.59 Å². The highest BCUT2D eigenvalue weighted by atomic mass is 16.5. The van der Waals surface area contributed by atoms with Gasteiger partial charge >= 0.3 is 5.97 Å². The summed E-state index contributed by atoms with van der Waals surface area (Å²) in [4.78, 5) is 23.9. The molecule has 0 bridgehead atoms. The molecule has 0 heterocycles. The first-order valence-electron chi connectivity index (χ1n) is 6.43. The maximum atomic E-state index is 12.1. The summed E-state index contributed by atoms with van der Waals surface area (Å²) in [5.74, 6) is -1.38. The molecule has 0 unspecified atom stereocenters. The number of Topliss-reactive ketones (excluding diaryl/α,β-unsaturated/α-hetero) is 1. The van der Waals surface area contributed by atoms with Crippen molar-refractivity contribution in [2.24, 2.45) is 11.8 Å². The van der Waals surface area contributed by atoms with E-state index >= 15 is 0 Å². The van der Waals surface area contributed by atoms with Crippen molar-refractivity contribution in [2.75, 3.05) is 6.61 Å². The summed E-state index contributed by atoms with van der Waals surface area (Å²) < 4.78 is 4.98. The lowest BCUT2D eigenvalue weighted by atomic mass is 9.92. The highest BCUT2D eigenvalue weighted by Gasteiger charge is 2.53. The van der Waals surface area contributed by atoms with Crippen molar-refractivity contribution in [1.29, 1.82) is 0 Å². The third-order valence-electron chi connectivity index (χ3n) is 3.53. The zero-order valence-electron chi connectivity index (χ0n) is 10.9. The lowest BCUT2D eigenvalue weighted by molar-refractivity contribution is -0.150. The summed E-state index contributed by atoms with van der Waals surface area (Å²) in [6.45, 7) is 5.84. The smallest absolute Gasteiger partial charge is 0.309 e. The lowest BCUT2D eigenvalue weighted by Crippen LogP contribution is -2.35. The summed E-state index contributed by atoms with van der Waals surface area (Å²) in [5.41, 5.74) is -1.31. The predicted octanol–water partition coefficient (Wildman–Crippen LogP) is 1.70. The van der Waals surface area contributed by atoms with Crippen LogP contribution in [-0.4, -0.2) is 29.1 Å². The van der Waals surface area contributed by atoms with Gasteiger partial charge in [0.05, 0.1) is 12.5 Å². The van der Waals surface area contributed by atoms with Gasteiger partial charge in [0.25, 0.3) is 0 Å². The van der Waals surface area contributed by atoms with Gasteiger partial charge < -0.3 is 9.84 Å². The van der Waals surface area contributed by atoms with Gasteiger partial charge in [-0.15, -0.1) is 0 Å². The summed E-state index contributed by atoms with van der Waals surface area (Å²) >= 11 is 0. The van der Waals surface area contributed by atoms with E-state index < -0.39 is 11.5 Å². The molecule has 0 aliphatic heterocycles. The number of carbonyl (C=O) groups is 2. The highest BCUT2D eigenvalue weighted by molar-refractivity contribution is 5.96. The van der Waals surface area contributed by atoms with Crippen LogP contribution in [0.3, 0.4) is 0 Å². The minimum Gasteiger partial charge on any atom is -0.466 e. The average Bonchev–Trinajstić information content (AvgIpc) is 2.53. The summed E-state index contributed by atoms with van der Waals surface area (Å²) in [5, 5.41) is 10.3. The molecule has 3 atom stereocenters. The van der Waals surface area contributed by atoms with Crippen molar-refractivity contribution in [3.8, 4) is 0 Å². The Bertz CT molecular complexity index is 300. The maximum absolute atomic E-state index is 12.1. The molecule has 4 heteroatoms. The Kier molecular flexibility index (Phi) is 4.69. The van der Waals surface area contributed by atoms with Crippen molar-refractivity contribution in [1.82, 2.24) is 0 Å². The number of esters is 1. The number of aliphatic hydroxyl groups is 1. The van der Waals surface area contributed by atoms with Crippen molar-refractivity contribution < 1.29 is 19.4 Å². The van der Waals surface area contributed by atoms with Crippen LogP contribution in [0.5, 0.6) is 0 Å². The SMILES string of the molecule is CCC[C@]1(O)C[C@H](C(=O)OCC)[C@@H](CC)C1=O. The van der Waals surface area contributed by atoms with Crippen molar-refractivity contribution >= 4 is 11.8 Å². The summed E-state index contributed by atoms with van der Waals surface area (Å²) in [7, 11) is 0. The topological polar surface area (TPSA) is 63.6 Å². The Balaban J connectivity index is 2.87. The fraction of sp³-hybridized carbons (Fsp3) is 0.846. The second-order valence-electron chi connectivity index (χ2n) is 4.72. The van der Waals surface area contributed by atoms with Crippen LogP contribution in [0.15, 0.2) is 0 Å². The standard InChI is InChI=1S/C13H22O4/c1-4-7-13(16)8-10(12(15)17-6-3)9(5-2)11(13)14/h9-10,16H,4-8H2,1-3H3/t9-,10+,13+/m1/s1. The van der Waals surface area contributed by atoms with Crippen LogP contribution in [0.1, 0.15) is 46.5 Å². The zero-order chi connectivity index (χ0) is 13.1. The van der Waals surface area contributed by atoms with Gasteiger partial charge in [0, 0.05) is 5.92 Å². The molecule has 4 nitrogen and oxygen atoms in total. The Morgan fingerprint density at radius 3 is 2.59 bits per heavy atom. The Morgan fingerprint density at radius 1 is 1.47 bits per heavy atom. The predicted molar refractivity (Wildman–Crippen MR) is 63.4 cm³/mol. The largest absolute Gasteiger partial charge is 0.466 e. The first-order chi connectivity index (χ1) is 8.00. The molecule has 17 heavy (non-hydrogen) atoms. The zero-order valence-corrected chi connectivity index (χ0v) is 10.9. The van der Waals surface area contributed by atoms with E-state index in [-0.39, 0.29) is 24.1 Å². The van der Waals surface area contributed by atoms with E-state index in [0.29, 0.717) is 19.4 Å².